The standard InChI is InChI=1S/C28H29F3N4O2/c1-34(27(36)26(19-3-6-22(29)7-4-19)20-5-8-24(30)32-16-20)11-2-12-35-13-9-28(10-14-35)23-17-33-25(31)15-21(23)18-37-28/h3-8,15-17,26H,2,9-14,18H2,1H3. The summed E-state index contributed by atoms with van der Waals surface area (Å²) in [6.07, 6.45) is 5.36. The number of hydrogen-bond acceptors (Lipinski definition) is 5. The molecule has 1 saturated heterocycles. The van der Waals surface area contributed by atoms with Gasteiger partial charge in [-0.15, -0.1) is 0 Å². The molecular formula is C28H29F3N4O2. The van der Waals surface area contributed by atoms with Crippen LogP contribution in [-0.2, 0) is 21.7 Å². The van der Waals surface area contributed by atoms with Gasteiger partial charge in [-0.25, -0.2) is 14.4 Å². The molecule has 5 rings (SSSR count). The van der Waals surface area contributed by atoms with E-state index in [9.17, 15) is 18.0 Å². The normalized spacial score (nSPS) is 17.5. The Morgan fingerprint density at radius 2 is 1.73 bits per heavy atom. The van der Waals surface area contributed by atoms with Crippen LogP contribution in [-0.4, -0.2) is 58.9 Å². The second kappa shape index (κ2) is 10.6. The third-order valence-electron chi connectivity index (χ3n) is 7.49. The van der Waals surface area contributed by atoms with Crippen molar-refractivity contribution in [2.24, 2.45) is 0 Å². The molecule has 1 atom stereocenters. The Morgan fingerprint density at radius 1 is 1.03 bits per heavy atom. The number of rotatable bonds is 7. The number of likely N-dealkylation sites (tertiary alicyclic amines) is 1. The second-order valence-electron chi connectivity index (χ2n) is 9.80. The zero-order valence-corrected chi connectivity index (χ0v) is 20.7. The summed E-state index contributed by atoms with van der Waals surface area (Å²) in [4.78, 5) is 25.0. The number of ether oxygens (including phenoxy) is 1. The maximum atomic E-state index is 13.5. The molecule has 2 aliphatic rings. The number of likely N-dealkylation sites (N-methyl/N-ethyl adjacent to an activating group) is 1. The lowest BCUT2D eigenvalue weighted by molar-refractivity contribution is -0.130. The van der Waals surface area contributed by atoms with E-state index in [2.05, 4.69) is 14.9 Å². The highest BCUT2D eigenvalue weighted by Gasteiger charge is 2.43. The van der Waals surface area contributed by atoms with Crippen LogP contribution in [0.5, 0.6) is 0 Å². The third kappa shape index (κ3) is 5.38. The smallest absolute Gasteiger partial charge is 0.234 e. The predicted molar refractivity (Wildman–Crippen MR) is 131 cm³/mol. The summed E-state index contributed by atoms with van der Waals surface area (Å²) >= 11 is 0. The van der Waals surface area contributed by atoms with Crippen molar-refractivity contribution in [3.63, 3.8) is 0 Å². The highest BCUT2D eigenvalue weighted by molar-refractivity contribution is 5.87. The molecule has 0 N–H and O–H groups in total. The lowest BCUT2D eigenvalue weighted by atomic mass is 9.84. The van der Waals surface area contributed by atoms with Gasteiger partial charge in [0.05, 0.1) is 18.1 Å². The molecule has 194 valence electrons. The number of piperidine rings is 1. The fourth-order valence-electron chi connectivity index (χ4n) is 5.40. The minimum Gasteiger partial charge on any atom is -0.365 e. The Hall–Kier alpha value is -3.30. The number of nitrogens with zero attached hydrogens (tertiary/aromatic N) is 4. The summed E-state index contributed by atoms with van der Waals surface area (Å²) in [6, 6.07) is 10.0. The Kier molecular flexibility index (Phi) is 7.26. The number of hydrogen-bond donors (Lipinski definition) is 0. The molecular weight excluding hydrogens is 481 g/mol. The predicted octanol–water partition coefficient (Wildman–Crippen LogP) is 4.40. The molecule has 0 saturated carbocycles. The highest BCUT2D eigenvalue weighted by Crippen LogP contribution is 2.43. The van der Waals surface area contributed by atoms with Crippen LogP contribution in [0.3, 0.4) is 0 Å². The summed E-state index contributed by atoms with van der Waals surface area (Å²) in [6.45, 7) is 3.46. The number of amides is 1. The van der Waals surface area contributed by atoms with E-state index in [0.717, 1.165) is 50.0 Å². The van der Waals surface area contributed by atoms with Gasteiger partial charge in [-0.2, -0.15) is 8.78 Å². The Labute approximate surface area is 214 Å². The number of pyridine rings is 2. The molecule has 37 heavy (non-hydrogen) atoms. The van der Waals surface area contributed by atoms with Crippen molar-refractivity contribution >= 4 is 5.91 Å². The maximum Gasteiger partial charge on any atom is 0.234 e. The Morgan fingerprint density at radius 3 is 2.43 bits per heavy atom. The van der Waals surface area contributed by atoms with Crippen molar-refractivity contribution < 1.29 is 22.7 Å². The topological polar surface area (TPSA) is 58.6 Å². The number of aromatic nitrogens is 2. The number of halogens is 3. The second-order valence-corrected chi connectivity index (χ2v) is 9.80. The van der Waals surface area contributed by atoms with Crippen LogP contribution in [0.1, 0.15) is 47.4 Å². The molecule has 4 heterocycles. The quantitative estimate of drug-likeness (QED) is 0.441. The molecule has 3 aromatic rings. The van der Waals surface area contributed by atoms with Crippen LogP contribution in [0.4, 0.5) is 13.2 Å². The van der Waals surface area contributed by atoms with Crippen molar-refractivity contribution in [3.8, 4) is 0 Å². The zero-order chi connectivity index (χ0) is 26.0. The summed E-state index contributed by atoms with van der Waals surface area (Å²) in [5.74, 6) is -2.35. The minimum absolute atomic E-state index is 0.159. The van der Waals surface area contributed by atoms with Crippen LogP contribution in [0.25, 0.3) is 0 Å². The van der Waals surface area contributed by atoms with Gasteiger partial charge in [0.1, 0.15) is 5.82 Å². The number of benzene rings is 1. The van der Waals surface area contributed by atoms with E-state index < -0.39 is 23.6 Å². The molecule has 0 aliphatic carbocycles. The number of carbonyl (C=O) groups excluding carboxylic acids is 1. The molecule has 0 radical (unpaired) electrons. The summed E-state index contributed by atoms with van der Waals surface area (Å²) in [7, 11) is 1.75. The van der Waals surface area contributed by atoms with E-state index in [0.29, 0.717) is 24.3 Å². The highest BCUT2D eigenvalue weighted by atomic mass is 19.1. The van der Waals surface area contributed by atoms with Crippen molar-refractivity contribution in [1.29, 1.82) is 0 Å². The lowest BCUT2D eigenvalue weighted by Crippen LogP contribution is -2.43. The fourth-order valence-corrected chi connectivity index (χ4v) is 5.40. The number of carbonyl (C=O) groups is 1. The van der Waals surface area contributed by atoms with Gasteiger partial charge in [-0.3, -0.25) is 4.79 Å². The van der Waals surface area contributed by atoms with E-state index in [1.54, 1.807) is 36.3 Å². The molecule has 1 aromatic carbocycles. The van der Waals surface area contributed by atoms with Gasteiger partial charge >= 0.3 is 0 Å². The first-order valence-corrected chi connectivity index (χ1v) is 12.5. The van der Waals surface area contributed by atoms with E-state index >= 15 is 0 Å². The third-order valence-corrected chi connectivity index (χ3v) is 7.49. The van der Waals surface area contributed by atoms with Crippen LogP contribution in [0.15, 0.2) is 54.9 Å². The van der Waals surface area contributed by atoms with Crippen LogP contribution in [0.2, 0.25) is 0 Å². The summed E-state index contributed by atoms with van der Waals surface area (Å²) in [5, 5.41) is 0. The van der Waals surface area contributed by atoms with Crippen molar-refractivity contribution in [1.82, 2.24) is 19.8 Å². The first-order valence-electron chi connectivity index (χ1n) is 12.5. The largest absolute Gasteiger partial charge is 0.365 e. The van der Waals surface area contributed by atoms with Gasteiger partial charge in [0, 0.05) is 44.6 Å². The van der Waals surface area contributed by atoms with Gasteiger partial charge < -0.3 is 14.5 Å². The van der Waals surface area contributed by atoms with Crippen molar-refractivity contribution in [2.45, 2.75) is 37.4 Å². The van der Waals surface area contributed by atoms with Crippen molar-refractivity contribution in [2.75, 3.05) is 33.2 Å². The molecule has 6 nitrogen and oxygen atoms in total. The Bertz CT molecular complexity index is 1200. The SMILES string of the molecule is CN(CCCN1CCC2(CC1)OCc1cc(F)ncc12)C(=O)C(c1ccc(F)cc1)c1ccc(F)nc1. The van der Waals surface area contributed by atoms with Gasteiger partial charge in [0.2, 0.25) is 17.8 Å². The van der Waals surface area contributed by atoms with Crippen molar-refractivity contribution in [3.05, 3.63) is 94.8 Å². The summed E-state index contributed by atoms with van der Waals surface area (Å²) in [5.41, 5.74) is 2.68. The summed E-state index contributed by atoms with van der Waals surface area (Å²) < 4.78 is 46.5. The molecule has 0 bridgehead atoms. The molecule has 1 fully saturated rings. The minimum atomic E-state index is -0.702. The average Bonchev–Trinajstić information content (AvgIpc) is 3.24. The molecule has 2 aromatic heterocycles. The van der Waals surface area contributed by atoms with Gasteiger partial charge in [0.25, 0.3) is 0 Å². The molecule has 1 unspecified atom stereocenters. The fraction of sp³-hybridized carbons (Fsp3) is 0.393. The first-order chi connectivity index (χ1) is 17.8. The van der Waals surface area contributed by atoms with E-state index in [1.165, 1.54) is 30.5 Å². The molecule has 2 aliphatic heterocycles. The molecule has 1 spiro atoms. The Balaban J connectivity index is 1.17. The average molecular weight is 511 g/mol. The van der Waals surface area contributed by atoms with Gasteiger partial charge in [-0.05, 0) is 66.8 Å². The van der Waals surface area contributed by atoms with Gasteiger partial charge in [-0.1, -0.05) is 18.2 Å². The van der Waals surface area contributed by atoms with E-state index in [1.807, 2.05) is 0 Å². The van der Waals surface area contributed by atoms with Gasteiger partial charge in [0.15, 0.2) is 0 Å². The molecule has 9 heteroatoms. The van der Waals surface area contributed by atoms with Crippen LogP contribution in [0, 0.1) is 17.7 Å². The van der Waals surface area contributed by atoms with E-state index in [-0.39, 0.29) is 11.5 Å². The van der Waals surface area contributed by atoms with Crippen LogP contribution < -0.4 is 0 Å². The monoisotopic (exact) mass is 510 g/mol. The number of fused-ring (bicyclic) bond motifs is 2. The molecule has 1 amide bonds. The zero-order valence-electron chi connectivity index (χ0n) is 20.7. The van der Waals surface area contributed by atoms with E-state index in [4.69, 9.17) is 4.74 Å². The van der Waals surface area contributed by atoms with Crippen LogP contribution >= 0.6 is 0 Å². The maximum absolute atomic E-state index is 13.5. The first kappa shape index (κ1) is 25.4. The lowest BCUT2D eigenvalue weighted by Gasteiger charge is -2.39.